The smallest absolute Gasteiger partial charge is 0.311 e. The van der Waals surface area contributed by atoms with Crippen molar-refractivity contribution in [1.29, 1.82) is 0 Å². The van der Waals surface area contributed by atoms with Crippen LogP contribution in [0.25, 0.3) is 10.8 Å². The summed E-state index contributed by atoms with van der Waals surface area (Å²) in [5.41, 5.74) is 0.772. The quantitative estimate of drug-likeness (QED) is 0.317. The number of benzene rings is 3. The summed E-state index contributed by atoms with van der Waals surface area (Å²) in [6.45, 7) is 3.69. The van der Waals surface area contributed by atoms with Gasteiger partial charge in [0.05, 0.1) is 11.6 Å². The highest BCUT2D eigenvalue weighted by Crippen LogP contribution is 2.54. The van der Waals surface area contributed by atoms with E-state index in [0.717, 1.165) is 16.3 Å². The summed E-state index contributed by atoms with van der Waals surface area (Å²) in [6.07, 6.45) is 2.96. The molecule has 0 aromatic heterocycles. The van der Waals surface area contributed by atoms with Crippen molar-refractivity contribution >= 4 is 24.1 Å². The van der Waals surface area contributed by atoms with E-state index in [1.807, 2.05) is 36.4 Å². The van der Waals surface area contributed by atoms with Crippen LogP contribution in [0.2, 0.25) is 0 Å². The fourth-order valence-electron chi connectivity index (χ4n) is 4.07. The van der Waals surface area contributed by atoms with E-state index in [1.165, 1.54) is 6.08 Å². The molecule has 0 spiro atoms. The Morgan fingerprint density at radius 1 is 1.00 bits per heavy atom. The average Bonchev–Trinajstić information content (AvgIpc) is 2.74. The van der Waals surface area contributed by atoms with Crippen molar-refractivity contribution in [1.82, 2.24) is 0 Å². The molecule has 3 aromatic rings. The molecule has 0 saturated heterocycles. The normalized spacial score (nSPS) is 15.2. The molecule has 2 N–H and O–H groups in total. The van der Waals surface area contributed by atoms with Crippen LogP contribution >= 0.6 is 7.37 Å². The first kappa shape index (κ1) is 22.0. The van der Waals surface area contributed by atoms with Crippen LogP contribution in [0.5, 0.6) is 0 Å². The van der Waals surface area contributed by atoms with Gasteiger partial charge < -0.3 is 10.00 Å². The van der Waals surface area contributed by atoms with E-state index >= 15 is 0 Å². The first-order valence-corrected chi connectivity index (χ1v) is 12.0. The molecule has 0 aliphatic rings. The molecule has 30 heavy (non-hydrogen) atoms. The van der Waals surface area contributed by atoms with Gasteiger partial charge in [-0.3, -0.25) is 9.36 Å². The number of aliphatic carboxylic acids is 1. The standard InChI is InChI=1S/C25H27O4P/c1-2-10-23(24(25(26)27)21-12-4-3-5-13-21)30(28,29)18-9-16-20-15-8-14-19-11-6-7-17-22(19)20/h2-8,11-15,17,23-24H,1,9-10,16,18H2,(H,26,27)(H,28,29). The van der Waals surface area contributed by atoms with Crippen LogP contribution in [0.1, 0.15) is 29.9 Å². The number of rotatable bonds is 10. The average molecular weight is 422 g/mol. The minimum atomic E-state index is -3.74. The first-order chi connectivity index (χ1) is 14.4. The molecule has 0 aliphatic carbocycles. The zero-order valence-electron chi connectivity index (χ0n) is 16.9. The molecular weight excluding hydrogens is 395 g/mol. The molecule has 3 aromatic carbocycles. The number of hydrogen-bond acceptors (Lipinski definition) is 2. The fourth-order valence-corrected chi connectivity index (χ4v) is 6.25. The van der Waals surface area contributed by atoms with Crippen molar-refractivity contribution in [2.24, 2.45) is 0 Å². The van der Waals surface area contributed by atoms with Gasteiger partial charge in [0.1, 0.15) is 0 Å². The molecule has 3 atom stereocenters. The van der Waals surface area contributed by atoms with Crippen LogP contribution in [-0.4, -0.2) is 27.8 Å². The Bertz CT molecular complexity index is 1060. The van der Waals surface area contributed by atoms with Gasteiger partial charge in [0.15, 0.2) is 0 Å². The van der Waals surface area contributed by atoms with Crippen molar-refractivity contribution in [2.75, 3.05) is 6.16 Å². The summed E-state index contributed by atoms with van der Waals surface area (Å²) in [5, 5.41) is 12.1. The number of allylic oxidation sites excluding steroid dienone is 1. The molecule has 0 fully saturated rings. The predicted molar refractivity (Wildman–Crippen MR) is 122 cm³/mol. The second-order valence-corrected chi connectivity index (χ2v) is 10.2. The first-order valence-electron chi connectivity index (χ1n) is 10.1. The minimum Gasteiger partial charge on any atom is -0.481 e. The van der Waals surface area contributed by atoms with Crippen LogP contribution in [0.3, 0.4) is 0 Å². The molecule has 0 aliphatic heterocycles. The topological polar surface area (TPSA) is 74.6 Å². The van der Waals surface area contributed by atoms with E-state index in [4.69, 9.17) is 0 Å². The number of carboxylic acid groups (broad SMARTS) is 1. The van der Waals surface area contributed by atoms with E-state index in [1.54, 1.807) is 30.3 Å². The Hall–Kier alpha value is -2.68. The molecular formula is C25H27O4P. The Morgan fingerprint density at radius 2 is 1.67 bits per heavy atom. The Morgan fingerprint density at radius 3 is 2.37 bits per heavy atom. The van der Waals surface area contributed by atoms with Crippen LogP contribution in [-0.2, 0) is 15.8 Å². The van der Waals surface area contributed by atoms with Gasteiger partial charge in [-0.2, -0.15) is 0 Å². The summed E-state index contributed by atoms with van der Waals surface area (Å²) >= 11 is 0. The maximum absolute atomic E-state index is 13.3. The number of hydrogen-bond donors (Lipinski definition) is 2. The third-order valence-corrected chi connectivity index (χ3v) is 8.04. The molecule has 0 heterocycles. The summed E-state index contributed by atoms with van der Waals surface area (Å²) < 4.78 is 13.3. The lowest BCUT2D eigenvalue weighted by atomic mass is 9.94. The van der Waals surface area contributed by atoms with Gasteiger partial charge in [-0.1, -0.05) is 78.9 Å². The SMILES string of the molecule is C=CCC(C(C(=O)O)c1ccccc1)P(=O)(O)CCCc1cccc2ccccc12. The monoisotopic (exact) mass is 422 g/mol. The Labute approximate surface area is 177 Å². The Kier molecular flexibility index (Phi) is 7.25. The van der Waals surface area contributed by atoms with Crippen molar-refractivity contribution < 1.29 is 19.4 Å². The lowest BCUT2D eigenvalue weighted by molar-refractivity contribution is -0.138. The fraction of sp³-hybridized carbons (Fsp3) is 0.240. The van der Waals surface area contributed by atoms with Crippen LogP contribution in [0.4, 0.5) is 0 Å². The maximum Gasteiger partial charge on any atom is 0.311 e. The summed E-state index contributed by atoms with van der Waals surface area (Å²) in [6, 6.07) is 22.9. The van der Waals surface area contributed by atoms with Gasteiger partial charge in [0.2, 0.25) is 7.37 Å². The lowest BCUT2D eigenvalue weighted by Crippen LogP contribution is -2.27. The molecule has 0 bridgehead atoms. The summed E-state index contributed by atoms with van der Waals surface area (Å²) in [4.78, 5) is 23.0. The molecule has 0 amide bonds. The number of aryl methyl sites for hydroxylation is 1. The van der Waals surface area contributed by atoms with E-state index in [0.29, 0.717) is 18.4 Å². The predicted octanol–water partition coefficient (Wildman–Crippen LogP) is 5.86. The number of carbonyl (C=O) groups is 1. The van der Waals surface area contributed by atoms with Crippen molar-refractivity contribution in [3.05, 3.63) is 96.6 Å². The van der Waals surface area contributed by atoms with E-state index in [-0.39, 0.29) is 12.6 Å². The van der Waals surface area contributed by atoms with Gasteiger partial charge in [-0.05, 0) is 41.2 Å². The summed E-state index contributed by atoms with van der Waals surface area (Å²) in [7, 11) is -3.74. The van der Waals surface area contributed by atoms with Crippen molar-refractivity contribution in [2.45, 2.75) is 30.8 Å². The molecule has 3 rings (SSSR count). The third-order valence-electron chi connectivity index (χ3n) is 5.54. The highest BCUT2D eigenvalue weighted by Gasteiger charge is 2.40. The minimum absolute atomic E-state index is 0.0747. The third kappa shape index (κ3) is 5.08. The van der Waals surface area contributed by atoms with Gasteiger partial charge in [0, 0.05) is 6.16 Å². The molecule has 0 saturated carbocycles. The van der Waals surface area contributed by atoms with Crippen LogP contribution in [0, 0.1) is 0 Å². The largest absolute Gasteiger partial charge is 0.481 e. The van der Waals surface area contributed by atoms with Crippen LogP contribution < -0.4 is 0 Å². The zero-order valence-corrected chi connectivity index (χ0v) is 17.7. The van der Waals surface area contributed by atoms with Gasteiger partial charge in [0.25, 0.3) is 0 Å². The van der Waals surface area contributed by atoms with E-state index in [2.05, 4.69) is 12.6 Å². The molecule has 3 unspecified atom stereocenters. The van der Waals surface area contributed by atoms with Crippen molar-refractivity contribution in [3.8, 4) is 0 Å². The second kappa shape index (κ2) is 9.88. The molecule has 0 radical (unpaired) electrons. The highest BCUT2D eigenvalue weighted by molar-refractivity contribution is 7.58. The van der Waals surface area contributed by atoms with E-state index < -0.39 is 24.9 Å². The zero-order chi connectivity index (χ0) is 21.6. The van der Waals surface area contributed by atoms with Gasteiger partial charge >= 0.3 is 5.97 Å². The molecule has 5 heteroatoms. The second-order valence-electron chi connectivity index (χ2n) is 7.54. The van der Waals surface area contributed by atoms with Crippen molar-refractivity contribution in [3.63, 3.8) is 0 Å². The molecule has 4 nitrogen and oxygen atoms in total. The number of carboxylic acids is 1. The number of fused-ring (bicyclic) bond motifs is 1. The van der Waals surface area contributed by atoms with E-state index in [9.17, 15) is 19.4 Å². The molecule has 156 valence electrons. The van der Waals surface area contributed by atoms with Gasteiger partial charge in [-0.15, -0.1) is 6.58 Å². The maximum atomic E-state index is 13.3. The Balaban J connectivity index is 1.79. The van der Waals surface area contributed by atoms with Gasteiger partial charge in [-0.25, -0.2) is 0 Å². The van der Waals surface area contributed by atoms with Crippen LogP contribution in [0.15, 0.2) is 85.5 Å². The summed E-state index contributed by atoms with van der Waals surface area (Å²) in [5.74, 6) is -2.13. The highest BCUT2D eigenvalue weighted by atomic mass is 31.2. The lowest BCUT2D eigenvalue weighted by Gasteiger charge is -2.28.